The Bertz CT molecular complexity index is 267. The zero-order chi connectivity index (χ0) is 13.6. The Labute approximate surface area is 117 Å². The van der Waals surface area contributed by atoms with E-state index in [9.17, 15) is 0 Å². The van der Waals surface area contributed by atoms with Gasteiger partial charge in [0.2, 0.25) is 0 Å². The van der Waals surface area contributed by atoms with Crippen LogP contribution in [0.15, 0.2) is 0 Å². The minimum Gasteiger partial charge on any atom is -0.396 e. The molecule has 1 aliphatic rings. The maximum atomic E-state index is 9.00. The van der Waals surface area contributed by atoms with E-state index in [4.69, 9.17) is 23.1 Å². The highest BCUT2D eigenvalue weighted by atomic mass is 32.1. The fraction of sp³-hybridized carbons (Fsp3) is 0.929. The van der Waals surface area contributed by atoms with E-state index in [1.165, 1.54) is 19.4 Å². The molecular weight excluding hydrogens is 244 g/mol. The summed E-state index contributed by atoms with van der Waals surface area (Å²) in [5.41, 5.74) is 5.72. The lowest BCUT2D eigenvalue weighted by molar-refractivity contribution is 0.144. The maximum Gasteiger partial charge on any atom is 0.0784 e. The van der Waals surface area contributed by atoms with Crippen LogP contribution >= 0.6 is 12.2 Å². The van der Waals surface area contributed by atoms with Gasteiger partial charge in [0.15, 0.2) is 0 Å². The molecule has 0 aliphatic carbocycles. The molecule has 1 unspecified atom stereocenters. The SMILES string of the molecule is CC(C)(CCCN1CCCC(CCO)C1)C(N)=S. The smallest absolute Gasteiger partial charge is 0.0784 e. The molecule has 0 saturated carbocycles. The van der Waals surface area contributed by atoms with Gasteiger partial charge in [-0.3, -0.25) is 0 Å². The number of aliphatic hydroxyl groups is 1. The summed E-state index contributed by atoms with van der Waals surface area (Å²) in [6.07, 6.45) is 5.70. The van der Waals surface area contributed by atoms with E-state index in [-0.39, 0.29) is 5.41 Å². The molecule has 1 fully saturated rings. The van der Waals surface area contributed by atoms with Crippen LogP contribution in [0.5, 0.6) is 0 Å². The molecule has 4 heteroatoms. The third-order valence-corrected chi connectivity index (χ3v) is 4.64. The number of likely N-dealkylation sites (tertiary alicyclic amines) is 1. The van der Waals surface area contributed by atoms with Gasteiger partial charge in [-0.2, -0.15) is 0 Å². The van der Waals surface area contributed by atoms with Gasteiger partial charge in [-0.15, -0.1) is 0 Å². The van der Waals surface area contributed by atoms with Crippen molar-refractivity contribution in [2.45, 2.75) is 46.0 Å². The molecule has 0 aromatic rings. The minimum atomic E-state index is -0.0182. The number of aliphatic hydroxyl groups excluding tert-OH is 1. The summed E-state index contributed by atoms with van der Waals surface area (Å²) in [5.74, 6) is 0.687. The van der Waals surface area contributed by atoms with Crippen molar-refractivity contribution in [1.29, 1.82) is 0 Å². The molecule has 1 atom stereocenters. The molecule has 0 aromatic carbocycles. The lowest BCUT2D eigenvalue weighted by Gasteiger charge is -2.33. The molecule has 0 spiro atoms. The van der Waals surface area contributed by atoms with Gasteiger partial charge < -0.3 is 15.7 Å². The van der Waals surface area contributed by atoms with Gasteiger partial charge in [0.1, 0.15) is 0 Å². The molecule has 0 bridgehead atoms. The summed E-state index contributed by atoms with van der Waals surface area (Å²) in [5, 5.41) is 9.00. The number of piperidine rings is 1. The molecule has 3 nitrogen and oxygen atoms in total. The zero-order valence-electron chi connectivity index (χ0n) is 11.8. The van der Waals surface area contributed by atoms with Crippen molar-refractivity contribution in [2.24, 2.45) is 17.1 Å². The van der Waals surface area contributed by atoms with Crippen LogP contribution in [0, 0.1) is 11.3 Å². The van der Waals surface area contributed by atoms with E-state index in [2.05, 4.69) is 18.7 Å². The lowest BCUT2D eigenvalue weighted by atomic mass is 9.87. The Kier molecular flexibility index (Phi) is 6.53. The first-order chi connectivity index (χ1) is 8.45. The second kappa shape index (κ2) is 7.41. The van der Waals surface area contributed by atoms with Crippen LogP contribution in [-0.4, -0.2) is 41.2 Å². The molecule has 106 valence electrons. The lowest BCUT2D eigenvalue weighted by Crippen LogP contribution is -2.37. The first kappa shape index (κ1) is 15.9. The molecule has 0 aromatic heterocycles. The summed E-state index contributed by atoms with van der Waals surface area (Å²) in [4.78, 5) is 3.15. The Morgan fingerprint density at radius 2 is 2.22 bits per heavy atom. The van der Waals surface area contributed by atoms with E-state index in [0.717, 1.165) is 32.4 Å². The molecule has 1 rings (SSSR count). The van der Waals surface area contributed by atoms with Crippen molar-refractivity contribution in [3.8, 4) is 0 Å². The Morgan fingerprint density at radius 1 is 1.50 bits per heavy atom. The number of hydrogen-bond acceptors (Lipinski definition) is 3. The van der Waals surface area contributed by atoms with E-state index in [1.807, 2.05) is 0 Å². The first-order valence-corrected chi connectivity index (χ1v) is 7.49. The maximum absolute atomic E-state index is 9.00. The van der Waals surface area contributed by atoms with Gasteiger partial charge in [0, 0.05) is 18.6 Å². The fourth-order valence-corrected chi connectivity index (χ4v) is 2.74. The quantitative estimate of drug-likeness (QED) is 0.697. The number of rotatable bonds is 7. The molecule has 1 heterocycles. The van der Waals surface area contributed by atoms with Crippen LogP contribution < -0.4 is 5.73 Å². The van der Waals surface area contributed by atoms with Crippen molar-refractivity contribution in [3.63, 3.8) is 0 Å². The predicted octanol–water partition coefficient (Wildman–Crippen LogP) is 2.17. The van der Waals surface area contributed by atoms with E-state index in [0.29, 0.717) is 17.5 Å². The summed E-state index contributed by atoms with van der Waals surface area (Å²) >= 11 is 5.09. The van der Waals surface area contributed by atoms with Crippen LogP contribution in [0.2, 0.25) is 0 Å². The highest BCUT2D eigenvalue weighted by Gasteiger charge is 2.23. The Balaban J connectivity index is 2.25. The van der Waals surface area contributed by atoms with Gasteiger partial charge >= 0.3 is 0 Å². The highest BCUT2D eigenvalue weighted by Crippen LogP contribution is 2.24. The largest absolute Gasteiger partial charge is 0.396 e. The van der Waals surface area contributed by atoms with Gasteiger partial charge in [0.25, 0.3) is 0 Å². The highest BCUT2D eigenvalue weighted by molar-refractivity contribution is 7.80. The fourth-order valence-electron chi connectivity index (χ4n) is 2.64. The molecule has 1 saturated heterocycles. The summed E-state index contributed by atoms with van der Waals surface area (Å²) < 4.78 is 0. The van der Waals surface area contributed by atoms with E-state index < -0.39 is 0 Å². The van der Waals surface area contributed by atoms with Crippen molar-refractivity contribution in [2.75, 3.05) is 26.2 Å². The van der Waals surface area contributed by atoms with E-state index >= 15 is 0 Å². The van der Waals surface area contributed by atoms with Crippen molar-refractivity contribution >= 4 is 17.2 Å². The van der Waals surface area contributed by atoms with Crippen molar-refractivity contribution in [1.82, 2.24) is 4.90 Å². The third-order valence-electron chi connectivity index (χ3n) is 4.08. The Morgan fingerprint density at radius 3 is 2.83 bits per heavy atom. The molecule has 3 N–H and O–H groups in total. The van der Waals surface area contributed by atoms with Crippen LogP contribution in [0.25, 0.3) is 0 Å². The van der Waals surface area contributed by atoms with Gasteiger partial charge in [-0.05, 0) is 51.1 Å². The number of nitrogens with zero attached hydrogens (tertiary/aromatic N) is 1. The van der Waals surface area contributed by atoms with Crippen LogP contribution in [0.1, 0.15) is 46.0 Å². The van der Waals surface area contributed by atoms with Crippen LogP contribution in [0.3, 0.4) is 0 Å². The number of thiocarbonyl (C=S) groups is 1. The summed E-state index contributed by atoms with van der Waals surface area (Å²) in [6, 6.07) is 0. The van der Waals surface area contributed by atoms with Crippen molar-refractivity contribution in [3.05, 3.63) is 0 Å². The van der Waals surface area contributed by atoms with Gasteiger partial charge in [-0.1, -0.05) is 26.1 Å². The average Bonchev–Trinajstić information content (AvgIpc) is 2.29. The van der Waals surface area contributed by atoms with Crippen LogP contribution in [0.4, 0.5) is 0 Å². The molecule has 0 radical (unpaired) electrons. The number of nitrogens with two attached hydrogens (primary N) is 1. The second-order valence-corrected chi connectivity index (χ2v) is 6.61. The average molecular weight is 272 g/mol. The van der Waals surface area contributed by atoms with E-state index in [1.54, 1.807) is 0 Å². The second-order valence-electron chi connectivity index (χ2n) is 6.17. The minimum absolute atomic E-state index is 0.0182. The standard InChI is InChI=1S/C14H28N2OS/c1-14(2,13(15)18)7-4-9-16-8-3-5-12(11-16)6-10-17/h12,17H,3-11H2,1-2H3,(H2,15,18). The first-order valence-electron chi connectivity index (χ1n) is 7.09. The Hall–Kier alpha value is -0.190. The topological polar surface area (TPSA) is 49.5 Å². The normalized spacial score (nSPS) is 22.1. The molecule has 18 heavy (non-hydrogen) atoms. The summed E-state index contributed by atoms with van der Waals surface area (Å²) in [6.45, 7) is 8.06. The number of hydrogen-bond donors (Lipinski definition) is 2. The third kappa shape index (κ3) is 5.21. The van der Waals surface area contributed by atoms with Crippen molar-refractivity contribution < 1.29 is 5.11 Å². The van der Waals surface area contributed by atoms with Crippen LogP contribution in [-0.2, 0) is 0 Å². The summed E-state index contributed by atoms with van der Waals surface area (Å²) in [7, 11) is 0. The van der Waals surface area contributed by atoms with Gasteiger partial charge in [0.05, 0.1) is 4.99 Å². The molecular formula is C14H28N2OS. The monoisotopic (exact) mass is 272 g/mol. The van der Waals surface area contributed by atoms with Gasteiger partial charge in [-0.25, -0.2) is 0 Å². The molecule has 0 amide bonds. The molecule has 1 aliphatic heterocycles. The zero-order valence-corrected chi connectivity index (χ0v) is 12.6. The predicted molar refractivity (Wildman–Crippen MR) is 80.7 cm³/mol.